The van der Waals surface area contributed by atoms with Gasteiger partial charge in [-0.05, 0) is 49.9 Å². The van der Waals surface area contributed by atoms with E-state index in [1.807, 2.05) is 6.92 Å². The van der Waals surface area contributed by atoms with Crippen LogP contribution in [0.15, 0.2) is 12.2 Å². The van der Waals surface area contributed by atoms with E-state index in [0.717, 1.165) is 25.7 Å². The highest BCUT2D eigenvalue weighted by Crippen LogP contribution is 2.70. The molecule has 3 fully saturated rings. The first-order chi connectivity index (χ1) is 8.43. The van der Waals surface area contributed by atoms with Gasteiger partial charge in [0.15, 0.2) is 0 Å². The zero-order valence-corrected chi connectivity index (χ0v) is 11.2. The molecule has 18 heavy (non-hydrogen) atoms. The number of aliphatic hydroxyl groups is 1. The molecule has 0 spiro atoms. The van der Waals surface area contributed by atoms with Crippen molar-refractivity contribution in [3.8, 4) is 0 Å². The third-order valence-electron chi connectivity index (χ3n) is 5.53. The van der Waals surface area contributed by atoms with Gasteiger partial charge in [0.2, 0.25) is 0 Å². The maximum absolute atomic E-state index is 11.5. The first-order valence-electron chi connectivity index (χ1n) is 7.01. The predicted octanol–water partition coefficient (Wildman–Crippen LogP) is 2.29. The van der Waals surface area contributed by atoms with E-state index in [4.69, 9.17) is 4.74 Å². The molecule has 0 bridgehead atoms. The van der Waals surface area contributed by atoms with Gasteiger partial charge in [-0.15, -0.1) is 0 Å². The second kappa shape index (κ2) is 3.83. The Labute approximate surface area is 108 Å². The van der Waals surface area contributed by atoms with Crippen molar-refractivity contribution >= 4 is 5.97 Å². The van der Waals surface area contributed by atoms with Crippen LogP contribution in [0.2, 0.25) is 0 Å². The molecule has 1 N–H and O–H groups in total. The van der Waals surface area contributed by atoms with Crippen LogP contribution in [0.1, 0.15) is 39.5 Å². The molecule has 3 rings (SSSR count). The number of fused-ring (bicyclic) bond motifs is 2. The summed E-state index contributed by atoms with van der Waals surface area (Å²) in [5, 5.41) is 9.40. The topological polar surface area (TPSA) is 46.5 Å². The summed E-state index contributed by atoms with van der Waals surface area (Å²) in [6, 6.07) is 0. The van der Waals surface area contributed by atoms with Crippen molar-refractivity contribution in [2.24, 2.45) is 23.2 Å². The fourth-order valence-electron chi connectivity index (χ4n) is 4.31. The number of hydrogen-bond donors (Lipinski definition) is 1. The second-order valence-electron chi connectivity index (χ2n) is 6.66. The first kappa shape index (κ1) is 12.2. The molecule has 0 amide bonds. The summed E-state index contributed by atoms with van der Waals surface area (Å²) in [5.41, 5.74) is 1.02. The minimum absolute atomic E-state index is 0.0720. The minimum Gasteiger partial charge on any atom is -0.458 e. The van der Waals surface area contributed by atoms with E-state index < -0.39 is 0 Å². The molecule has 0 aromatic carbocycles. The number of hydrogen-bond acceptors (Lipinski definition) is 3. The van der Waals surface area contributed by atoms with Gasteiger partial charge in [0.05, 0.1) is 6.10 Å². The molecule has 1 heterocycles. The van der Waals surface area contributed by atoms with Gasteiger partial charge in [0.1, 0.15) is 6.10 Å². The summed E-state index contributed by atoms with van der Waals surface area (Å²) >= 11 is 0. The van der Waals surface area contributed by atoms with E-state index in [1.54, 1.807) is 0 Å². The van der Waals surface area contributed by atoms with Crippen molar-refractivity contribution in [3.05, 3.63) is 12.2 Å². The molecule has 0 radical (unpaired) electrons. The van der Waals surface area contributed by atoms with Crippen LogP contribution in [0.5, 0.6) is 0 Å². The Morgan fingerprint density at radius 3 is 3.00 bits per heavy atom. The number of ether oxygens (including phenoxy) is 1. The van der Waals surface area contributed by atoms with E-state index in [2.05, 4.69) is 13.5 Å². The van der Waals surface area contributed by atoms with Gasteiger partial charge in [-0.1, -0.05) is 13.5 Å². The highest BCUT2D eigenvalue weighted by Gasteiger charge is 2.66. The van der Waals surface area contributed by atoms with Gasteiger partial charge in [-0.25, -0.2) is 4.79 Å². The van der Waals surface area contributed by atoms with Crippen LogP contribution in [0.4, 0.5) is 0 Å². The van der Waals surface area contributed by atoms with Crippen LogP contribution < -0.4 is 0 Å². The van der Waals surface area contributed by atoms with Crippen molar-refractivity contribution in [3.63, 3.8) is 0 Å². The average Bonchev–Trinajstić information content (AvgIpc) is 2.77. The molecule has 100 valence electrons. The summed E-state index contributed by atoms with van der Waals surface area (Å²) in [4.78, 5) is 11.5. The maximum atomic E-state index is 11.5. The van der Waals surface area contributed by atoms with Gasteiger partial charge >= 0.3 is 5.97 Å². The Hall–Kier alpha value is -0.830. The number of rotatable bonds is 3. The Morgan fingerprint density at radius 2 is 2.33 bits per heavy atom. The van der Waals surface area contributed by atoms with E-state index in [1.165, 1.54) is 0 Å². The standard InChI is InChI=1S/C15H22O3/c1-8(16)4-5-11-12-6-10-9(2)14(17)18-13(10)7-15(11,12)3/h8,10-13,16H,2,4-7H2,1,3H3/t8-,10+,11+,12+,13+,15-/m0/s1. The van der Waals surface area contributed by atoms with E-state index in [0.29, 0.717) is 22.8 Å². The van der Waals surface area contributed by atoms with Crippen molar-refractivity contribution in [1.82, 2.24) is 0 Å². The van der Waals surface area contributed by atoms with E-state index in [9.17, 15) is 9.90 Å². The Bertz CT molecular complexity index is 401. The highest BCUT2D eigenvalue weighted by atomic mass is 16.6. The lowest BCUT2D eigenvalue weighted by atomic mass is 9.79. The molecule has 3 heteroatoms. The summed E-state index contributed by atoms with van der Waals surface area (Å²) in [6.07, 6.45) is 3.88. The molecule has 3 aliphatic rings. The first-order valence-corrected chi connectivity index (χ1v) is 7.01. The summed E-state index contributed by atoms with van der Waals surface area (Å²) in [5.74, 6) is 1.47. The van der Waals surface area contributed by atoms with Crippen LogP contribution in [0.3, 0.4) is 0 Å². The van der Waals surface area contributed by atoms with Gasteiger partial charge in [-0.2, -0.15) is 0 Å². The van der Waals surface area contributed by atoms with Crippen LogP contribution >= 0.6 is 0 Å². The van der Waals surface area contributed by atoms with Crippen molar-refractivity contribution in [2.45, 2.75) is 51.7 Å². The largest absolute Gasteiger partial charge is 0.458 e. The molecule has 2 aliphatic carbocycles. The van der Waals surface area contributed by atoms with Gasteiger partial charge in [0, 0.05) is 11.5 Å². The molecular weight excluding hydrogens is 228 g/mol. The molecule has 2 saturated carbocycles. The van der Waals surface area contributed by atoms with E-state index in [-0.39, 0.29) is 24.1 Å². The molecule has 0 unspecified atom stereocenters. The average molecular weight is 250 g/mol. The fraction of sp³-hybridized carbons (Fsp3) is 0.800. The SMILES string of the molecule is C=C1C(=O)O[C@@H]2C[C@@]3(C)[C@H](CC[C@H](C)O)[C@H]3C[C@H]12. The van der Waals surface area contributed by atoms with Crippen molar-refractivity contribution < 1.29 is 14.6 Å². The Morgan fingerprint density at radius 1 is 1.61 bits per heavy atom. The molecule has 0 aromatic rings. The van der Waals surface area contributed by atoms with Crippen molar-refractivity contribution in [2.75, 3.05) is 0 Å². The quantitative estimate of drug-likeness (QED) is 0.617. The monoisotopic (exact) mass is 250 g/mol. The van der Waals surface area contributed by atoms with E-state index >= 15 is 0 Å². The zero-order chi connectivity index (χ0) is 13.1. The van der Waals surface area contributed by atoms with Gasteiger partial charge in [-0.3, -0.25) is 0 Å². The van der Waals surface area contributed by atoms with Gasteiger partial charge < -0.3 is 9.84 Å². The summed E-state index contributed by atoms with van der Waals surface area (Å²) in [6.45, 7) is 8.05. The zero-order valence-electron chi connectivity index (χ0n) is 11.2. The Kier molecular flexibility index (Phi) is 2.60. The molecule has 6 atom stereocenters. The number of esters is 1. The van der Waals surface area contributed by atoms with Crippen LogP contribution in [-0.2, 0) is 9.53 Å². The number of carbonyl (C=O) groups is 1. The lowest BCUT2D eigenvalue weighted by molar-refractivity contribution is -0.140. The molecule has 0 aromatic heterocycles. The third kappa shape index (κ3) is 1.63. The lowest BCUT2D eigenvalue weighted by Gasteiger charge is -2.27. The van der Waals surface area contributed by atoms with Crippen LogP contribution in [-0.4, -0.2) is 23.3 Å². The fourth-order valence-corrected chi connectivity index (χ4v) is 4.31. The van der Waals surface area contributed by atoms with Crippen LogP contribution in [0, 0.1) is 23.2 Å². The molecule has 3 nitrogen and oxygen atoms in total. The smallest absolute Gasteiger partial charge is 0.334 e. The second-order valence-corrected chi connectivity index (χ2v) is 6.66. The number of aliphatic hydroxyl groups excluding tert-OH is 1. The van der Waals surface area contributed by atoms with Crippen molar-refractivity contribution in [1.29, 1.82) is 0 Å². The predicted molar refractivity (Wildman–Crippen MR) is 67.7 cm³/mol. The minimum atomic E-state index is -0.205. The molecular formula is C15H22O3. The Balaban J connectivity index is 1.67. The summed E-state index contributed by atoms with van der Waals surface area (Å²) < 4.78 is 5.43. The molecule has 1 aliphatic heterocycles. The highest BCUT2D eigenvalue weighted by molar-refractivity contribution is 5.90. The van der Waals surface area contributed by atoms with Gasteiger partial charge in [0.25, 0.3) is 0 Å². The maximum Gasteiger partial charge on any atom is 0.334 e. The van der Waals surface area contributed by atoms with Crippen LogP contribution in [0.25, 0.3) is 0 Å². The third-order valence-corrected chi connectivity index (χ3v) is 5.53. The number of carbonyl (C=O) groups excluding carboxylic acids is 1. The normalized spacial score (nSPS) is 47.3. The molecule has 1 saturated heterocycles. The lowest BCUT2D eigenvalue weighted by Crippen LogP contribution is -2.26. The summed E-state index contributed by atoms with van der Waals surface area (Å²) in [7, 11) is 0.